The van der Waals surface area contributed by atoms with E-state index < -0.39 is 4.92 Å². The lowest BCUT2D eigenvalue weighted by atomic mass is 10.1. The second kappa shape index (κ2) is 7.17. The molecule has 1 heterocycles. The van der Waals surface area contributed by atoms with Gasteiger partial charge in [-0.1, -0.05) is 36.4 Å². The Hall–Kier alpha value is -2.50. The third kappa shape index (κ3) is 4.25. The number of nitrogens with zero attached hydrogens (tertiary/aromatic N) is 1. The first-order chi connectivity index (χ1) is 11.2. The predicted molar refractivity (Wildman–Crippen MR) is 86.7 cm³/mol. The summed E-state index contributed by atoms with van der Waals surface area (Å²) < 4.78 is 11.4. The minimum absolute atomic E-state index is 0.0962. The van der Waals surface area contributed by atoms with Crippen LogP contribution in [0.2, 0.25) is 0 Å². The van der Waals surface area contributed by atoms with E-state index in [0.717, 1.165) is 16.7 Å². The molecule has 5 nitrogen and oxygen atoms in total. The zero-order valence-electron chi connectivity index (χ0n) is 12.6. The fourth-order valence-electron chi connectivity index (χ4n) is 2.43. The van der Waals surface area contributed by atoms with E-state index in [0.29, 0.717) is 19.6 Å². The van der Waals surface area contributed by atoms with Crippen LogP contribution in [0.1, 0.15) is 17.5 Å². The molecule has 0 bridgehead atoms. The molecule has 1 atom stereocenters. The summed E-state index contributed by atoms with van der Waals surface area (Å²) in [4.78, 5) is 10.2. The van der Waals surface area contributed by atoms with E-state index in [2.05, 4.69) is 0 Å². The van der Waals surface area contributed by atoms with Crippen LogP contribution in [0.3, 0.4) is 0 Å². The standard InChI is InChI=1S/C18H17NO4/c20-19(21)17-8-6-14(7-9-17)10-16-11-18(23-13-16)22-12-15-4-2-1-3-5-15/h1-10,18H,11-13H2/b16-10-/t18-/m1/s1. The Bertz CT molecular complexity index is 695. The van der Waals surface area contributed by atoms with Gasteiger partial charge in [-0.25, -0.2) is 0 Å². The van der Waals surface area contributed by atoms with E-state index in [9.17, 15) is 10.1 Å². The molecule has 0 saturated carbocycles. The van der Waals surface area contributed by atoms with Gasteiger partial charge in [0.05, 0.1) is 18.1 Å². The summed E-state index contributed by atoms with van der Waals surface area (Å²) in [6, 6.07) is 16.5. The molecule has 3 rings (SSSR count). The zero-order chi connectivity index (χ0) is 16.1. The Balaban J connectivity index is 1.55. The van der Waals surface area contributed by atoms with E-state index in [-0.39, 0.29) is 12.0 Å². The average molecular weight is 311 g/mol. The van der Waals surface area contributed by atoms with Gasteiger partial charge in [-0.3, -0.25) is 10.1 Å². The smallest absolute Gasteiger partial charge is 0.269 e. The SMILES string of the molecule is O=[N+]([O-])c1ccc(/C=C2\CO[C@@H](OCc3ccccc3)C2)cc1. The fraction of sp³-hybridized carbons (Fsp3) is 0.222. The van der Waals surface area contributed by atoms with Crippen LogP contribution in [0.15, 0.2) is 60.2 Å². The first kappa shape index (κ1) is 15.4. The van der Waals surface area contributed by atoms with E-state index >= 15 is 0 Å². The van der Waals surface area contributed by atoms with E-state index in [1.54, 1.807) is 12.1 Å². The lowest BCUT2D eigenvalue weighted by Gasteiger charge is -2.10. The first-order valence-electron chi connectivity index (χ1n) is 7.42. The number of rotatable bonds is 5. The van der Waals surface area contributed by atoms with E-state index in [1.165, 1.54) is 12.1 Å². The molecule has 1 fully saturated rings. The second-order valence-corrected chi connectivity index (χ2v) is 5.39. The molecule has 0 spiro atoms. The highest BCUT2D eigenvalue weighted by molar-refractivity contribution is 5.55. The van der Waals surface area contributed by atoms with Crippen LogP contribution in [0.25, 0.3) is 6.08 Å². The third-order valence-corrected chi connectivity index (χ3v) is 3.64. The van der Waals surface area contributed by atoms with Crippen molar-refractivity contribution in [2.45, 2.75) is 19.3 Å². The van der Waals surface area contributed by atoms with Crippen molar-refractivity contribution < 1.29 is 14.4 Å². The van der Waals surface area contributed by atoms with Crippen LogP contribution in [-0.2, 0) is 16.1 Å². The van der Waals surface area contributed by atoms with Crippen LogP contribution in [0.5, 0.6) is 0 Å². The van der Waals surface area contributed by atoms with E-state index in [1.807, 2.05) is 36.4 Å². The molecule has 0 amide bonds. The Morgan fingerprint density at radius 2 is 1.91 bits per heavy atom. The molecular weight excluding hydrogens is 294 g/mol. The van der Waals surface area contributed by atoms with Crippen LogP contribution in [0, 0.1) is 10.1 Å². The van der Waals surface area contributed by atoms with Crippen molar-refractivity contribution in [3.63, 3.8) is 0 Å². The van der Waals surface area contributed by atoms with E-state index in [4.69, 9.17) is 9.47 Å². The lowest BCUT2D eigenvalue weighted by Crippen LogP contribution is -2.10. The summed E-state index contributed by atoms with van der Waals surface area (Å²) in [5.41, 5.74) is 3.26. The quantitative estimate of drug-likeness (QED) is 0.620. The van der Waals surface area contributed by atoms with Crippen molar-refractivity contribution in [1.29, 1.82) is 0 Å². The molecule has 1 saturated heterocycles. The number of nitro benzene ring substituents is 1. The number of hydrogen-bond acceptors (Lipinski definition) is 4. The average Bonchev–Trinajstić information content (AvgIpc) is 3.02. The maximum absolute atomic E-state index is 10.6. The number of ether oxygens (including phenoxy) is 2. The maximum Gasteiger partial charge on any atom is 0.269 e. The minimum atomic E-state index is -0.400. The Kier molecular flexibility index (Phi) is 4.80. The number of benzene rings is 2. The van der Waals surface area contributed by atoms with Crippen molar-refractivity contribution >= 4 is 11.8 Å². The van der Waals surface area contributed by atoms with Crippen LogP contribution in [-0.4, -0.2) is 17.8 Å². The molecule has 2 aromatic rings. The molecule has 0 N–H and O–H groups in total. The van der Waals surface area contributed by atoms with Crippen LogP contribution < -0.4 is 0 Å². The lowest BCUT2D eigenvalue weighted by molar-refractivity contribution is -0.384. The summed E-state index contributed by atoms with van der Waals surface area (Å²) in [7, 11) is 0. The second-order valence-electron chi connectivity index (χ2n) is 5.39. The summed E-state index contributed by atoms with van der Waals surface area (Å²) >= 11 is 0. The topological polar surface area (TPSA) is 61.6 Å². The molecule has 118 valence electrons. The molecule has 0 unspecified atom stereocenters. The van der Waals surface area contributed by atoms with Crippen molar-refractivity contribution in [2.24, 2.45) is 0 Å². The first-order valence-corrected chi connectivity index (χ1v) is 7.42. The van der Waals surface area contributed by atoms with Crippen molar-refractivity contribution in [1.82, 2.24) is 0 Å². The Morgan fingerprint density at radius 3 is 2.61 bits per heavy atom. The minimum Gasteiger partial charge on any atom is -0.348 e. The van der Waals surface area contributed by atoms with Gasteiger partial charge in [-0.2, -0.15) is 0 Å². The summed E-state index contributed by atoms with van der Waals surface area (Å²) in [5.74, 6) is 0. The van der Waals surface area contributed by atoms with Gasteiger partial charge in [-0.05, 0) is 28.8 Å². The monoisotopic (exact) mass is 311 g/mol. The van der Waals surface area contributed by atoms with Gasteiger partial charge in [0.25, 0.3) is 5.69 Å². The highest BCUT2D eigenvalue weighted by Gasteiger charge is 2.20. The molecule has 0 radical (unpaired) electrons. The predicted octanol–water partition coefficient (Wildman–Crippen LogP) is 3.94. The van der Waals surface area contributed by atoms with Gasteiger partial charge in [0, 0.05) is 18.6 Å². The fourth-order valence-corrected chi connectivity index (χ4v) is 2.43. The molecule has 0 aliphatic carbocycles. The van der Waals surface area contributed by atoms with Gasteiger partial charge >= 0.3 is 0 Å². The Labute approximate surface area is 134 Å². The number of non-ortho nitro benzene ring substituents is 1. The molecule has 5 heteroatoms. The normalized spacial score (nSPS) is 19.1. The molecule has 23 heavy (non-hydrogen) atoms. The van der Waals surface area contributed by atoms with Crippen molar-refractivity contribution in [2.75, 3.05) is 6.61 Å². The van der Waals surface area contributed by atoms with Gasteiger partial charge in [0.1, 0.15) is 0 Å². The summed E-state index contributed by atoms with van der Waals surface area (Å²) in [6.45, 7) is 1.05. The highest BCUT2D eigenvalue weighted by atomic mass is 16.7. The van der Waals surface area contributed by atoms with Gasteiger partial charge in [0.15, 0.2) is 6.29 Å². The third-order valence-electron chi connectivity index (χ3n) is 3.64. The molecule has 0 aromatic heterocycles. The number of nitro groups is 1. The number of hydrogen-bond donors (Lipinski definition) is 0. The molecule has 2 aromatic carbocycles. The van der Waals surface area contributed by atoms with Gasteiger partial charge < -0.3 is 9.47 Å². The maximum atomic E-state index is 10.6. The molecule has 1 aliphatic rings. The summed E-state index contributed by atoms with van der Waals surface area (Å²) in [5, 5.41) is 10.6. The summed E-state index contributed by atoms with van der Waals surface area (Å²) in [6.07, 6.45) is 2.47. The van der Waals surface area contributed by atoms with Crippen LogP contribution in [0.4, 0.5) is 5.69 Å². The zero-order valence-corrected chi connectivity index (χ0v) is 12.6. The Morgan fingerprint density at radius 1 is 1.17 bits per heavy atom. The molecular formula is C18H17NO4. The molecule has 1 aliphatic heterocycles. The highest BCUT2D eigenvalue weighted by Crippen LogP contribution is 2.24. The van der Waals surface area contributed by atoms with Crippen LogP contribution >= 0.6 is 0 Å². The van der Waals surface area contributed by atoms with Crippen molar-refractivity contribution in [3.05, 3.63) is 81.4 Å². The van der Waals surface area contributed by atoms with Gasteiger partial charge in [-0.15, -0.1) is 0 Å². The van der Waals surface area contributed by atoms with Crippen molar-refractivity contribution in [3.8, 4) is 0 Å². The largest absolute Gasteiger partial charge is 0.348 e. The van der Waals surface area contributed by atoms with Gasteiger partial charge in [0.2, 0.25) is 0 Å².